The summed E-state index contributed by atoms with van der Waals surface area (Å²) in [6.07, 6.45) is 1.33. The number of hydrogen-bond donors (Lipinski definition) is 1. The number of anilines is 1. The quantitative estimate of drug-likeness (QED) is 0.782. The Bertz CT molecular complexity index is 675. The molecular formula is C16H15N3O. The number of rotatable bonds is 4. The van der Waals surface area contributed by atoms with Crippen LogP contribution in [-0.4, -0.2) is 10.2 Å². The van der Waals surface area contributed by atoms with Gasteiger partial charge in [0.15, 0.2) is 0 Å². The summed E-state index contributed by atoms with van der Waals surface area (Å²) >= 11 is 0. The van der Waals surface area contributed by atoms with E-state index in [-0.39, 0.29) is 0 Å². The van der Waals surface area contributed by atoms with Crippen molar-refractivity contribution in [2.75, 3.05) is 5.32 Å². The maximum atomic E-state index is 5.16. The minimum absolute atomic E-state index is 0.537. The number of nitrogens with one attached hydrogen (secondary N) is 1. The Balaban J connectivity index is 1.68. The maximum absolute atomic E-state index is 5.16. The van der Waals surface area contributed by atoms with E-state index in [1.54, 1.807) is 0 Å². The van der Waals surface area contributed by atoms with Crippen molar-refractivity contribution in [3.8, 4) is 11.5 Å². The summed E-state index contributed by atoms with van der Waals surface area (Å²) in [5.74, 6) is 0.537. The molecule has 4 nitrogen and oxygen atoms in total. The molecule has 4 heteroatoms. The smallest absolute Gasteiger partial charge is 0.247 e. The maximum Gasteiger partial charge on any atom is 0.247 e. The van der Waals surface area contributed by atoms with Gasteiger partial charge in [0.1, 0.15) is 0 Å². The standard InChI is InChI=1S/C16H15N3O/c1-12-4-2-3-5-14(12)10-17-15-8-6-13(7-9-15)16-19-18-11-20-16/h2-9,11,17H,10H2,1H3. The highest BCUT2D eigenvalue weighted by Gasteiger charge is 2.03. The van der Waals surface area contributed by atoms with Crippen LogP contribution in [0.2, 0.25) is 0 Å². The SMILES string of the molecule is Cc1ccccc1CNc1ccc(-c2nnco2)cc1. The largest absolute Gasteiger partial charge is 0.423 e. The number of benzene rings is 2. The van der Waals surface area contributed by atoms with Gasteiger partial charge in [-0.25, -0.2) is 0 Å². The predicted molar refractivity (Wildman–Crippen MR) is 78.2 cm³/mol. The van der Waals surface area contributed by atoms with Crippen LogP contribution in [0.5, 0.6) is 0 Å². The lowest BCUT2D eigenvalue weighted by molar-refractivity contribution is 0.568. The second kappa shape index (κ2) is 5.57. The van der Waals surface area contributed by atoms with E-state index in [1.807, 2.05) is 24.3 Å². The number of aromatic nitrogens is 2. The van der Waals surface area contributed by atoms with Crippen molar-refractivity contribution in [2.24, 2.45) is 0 Å². The molecule has 2 aromatic carbocycles. The molecule has 1 N–H and O–H groups in total. The molecule has 0 spiro atoms. The van der Waals surface area contributed by atoms with Crippen LogP contribution in [0.3, 0.4) is 0 Å². The molecule has 100 valence electrons. The van der Waals surface area contributed by atoms with Crippen molar-refractivity contribution in [3.05, 3.63) is 66.1 Å². The molecule has 0 atom stereocenters. The van der Waals surface area contributed by atoms with Crippen molar-refractivity contribution in [1.29, 1.82) is 0 Å². The Kier molecular flexibility index (Phi) is 3.46. The van der Waals surface area contributed by atoms with E-state index in [0.717, 1.165) is 17.8 Å². The fourth-order valence-corrected chi connectivity index (χ4v) is 2.04. The van der Waals surface area contributed by atoms with Crippen molar-refractivity contribution < 1.29 is 4.42 Å². The zero-order chi connectivity index (χ0) is 13.8. The van der Waals surface area contributed by atoms with E-state index in [1.165, 1.54) is 17.5 Å². The molecular weight excluding hydrogens is 250 g/mol. The van der Waals surface area contributed by atoms with Gasteiger partial charge in [0.25, 0.3) is 0 Å². The fraction of sp³-hybridized carbons (Fsp3) is 0.125. The van der Waals surface area contributed by atoms with Gasteiger partial charge in [-0.1, -0.05) is 24.3 Å². The van der Waals surface area contributed by atoms with Crippen molar-refractivity contribution in [3.63, 3.8) is 0 Å². The molecule has 1 aromatic heterocycles. The van der Waals surface area contributed by atoms with Gasteiger partial charge in [0.2, 0.25) is 12.3 Å². The Labute approximate surface area is 117 Å². The second-order valence-corrected chi connectivity index (χ2v) is 4.60. The molecule has 0 aliphatic rings. The summed E-state index contributed by atoms with van der Waals surface area (Å²) < 4.78 is 5.16. The van der Waals surface area contributed by atoms with Gasteiger partial charge < -0.3 is 9.73 Å². The Hall–Kier alpha value is -2.62. The molecule has 0 aliphatic carbocycles. The summed E-state index contributed by atoms with van der Waals surface area (Å²) in [6, 6.07) is 16.3. The minimum Gasteiger partial charge on any atom is -0.423 e. The van der Waals surface area contributed by atoms with Gasteiger partial charge in [-0.05, 0) is 42.3 Å². The molecule has 0 unspecified atom stereocenters. The van der Waals surface area contributed by atoms with E-state index in [9.17, 15) is 0 Å². The topological polar surface area (TPSA) is 51.0 Å². The van der Waals surface area contributed by atoms with Crippen LogP contribution in [0.15, 0.2) is 59.3 Å². The first-order chi connectivity index (χ1) is 9.83. The third kappa shape index (κ3) is 2.69. The number of hydrogen-bond acceptors (Lipinski definition) is 4. The highest BCUT2D eigenvalue weighted by Crippen LogP contribution is 2.19. The first kappa shape index (κ1) is 12.4. The average molecular weight is 265 g/mol. The number of aryl methyl sites for hydroxylation is 1. The summed E-state index contributed by atoms with van der Waals surface area (Å²) in [6.45, 7) is 2.93. The van der Waals surface area contributed by atoms with Crippen molar-refractivity contribution >= 4 is 5.69 Å². The first-order valence-corrected chi connectivity index (χ1v) is 6.48. The van der Waals surface area contributed by atoms with E-state index in [2.05, 4.69) is 46.7 Å². The van der Waals surface area contributed by atoms with Crippen LogP contribution in [0.25, 0.3) is 11.5 Å². The molecule has 0 amide bonds. The van der Waals surface area contributed by atoms with E-state index < -0.39 is 0 Å². The summed E-state index contributed by atoms with van der Waals surface area (Å²) in [5, 5.41) is 11.0. The molecule has 0 aliphatic heterocycles. The lowest BCUT2D eigenvalue weighted by atomic mass is 10.1. The van der Waals surface area contributed by atoms with Gasteiger partial charge in [-0.15, -0.1) is 10.2 Å². The van der Waals surface area contributed by atoms with Gasteiger partial charge in [0.05, 0.1) is 0 Å². The van der Waals surface area contributed by atoms with Gasteiger partial charge >= 0.3 is 0 Å². The van der Waals surface area contributed by atoms with Gasteiger partial charge in [-0.3, -0.25) is 0 Å². The van der Waals surface area contributed by atoms with Gasteiger partial charge in [0, 0.05) is 17.8 Å². The zero-order valence-electron chi connectivity index (χ0n) is 11.2. The molecule has 0 fully saturated rings. The highest BCUT2D eigenvalue weighted by atomic mass is 16.4. The summed E-state index contributed by atoms with van der Waals surface area (Å²) in [7, 11) is 0. The van der Waals surface area contributed by atoms with Crippen LogP contribution >= 0.6 is 0 Å². The molecule has 3 aromatic rings. The normalized spacial score (nSPS) is 10.4. The lowest BCUT2D eigenvalue weighted by Crippen LogP contribution is -2.00. The molecule has 0 radical (unpaired) electrons. The van der Waals surface area contributed by atoms with Crippen molar-refractivity contribution in [1.82, 2.24) is 10.2 Å². The minimum atomic E-state index is 0.537. The third-order valence-corrected chi connectivity index (χ3v) is 3.24. The highest BCUT2D eigenvalue weighted by molar-refractivity contribution is 5.58. The van der Waals surface area contributed by atoms with E-state index in [4.69, 9.17) is 4.42 Å². The molecule has 1 heterocycles. The van der Waals surface area contributed by atoms with E-state index >= 15 is 0 Å². The molecule has 0 saturated carbocycles. The lowest BCUT2D eigenvalue weighted by Gasteiger charge is -2.09. The van der Waals surface area contributed by atoms with E-state index in [0.29, 0.717) is 5.89 Å². The molecule has 0 bridgehead atoms. The molecule has 0 saturated heterocycles. The second-order valence-electron chi connectivity index (χ2n) is 4.60. The zero-order valence-corrected chi connectivity index (χ0v) is 11.2. The predicted octanol–water partition coefficient (Wildman–Crippen LogP) is 3.66. The Morgan fingerprint density at radius 1 is 1.05 bits per heavy atom. The first-order valence-electron chi connectivity index (χ1n) is 6.48. The van der Waals surface area contributed by atoms with Crippen molar-refractivity contribution in [2.45, 2.75) is 13.5 Å². The summed E-state index contributed by atoms with van der Waals surface area (Å²) in [4.78, 5) is 0. The fourth-order valence-electron chi connectivity index (χ4n) is 2.04. The Morgan fingerprint density at radius 3 is 2.55 bits per heavy atom. The molecule has 20 heavy (non-hydrogen) atoms. The van der Waals surface area contributed by atoms with Crippen LogP contribution < -0.4 is 5.32 Å². The van der Waals surface area contributed by atoms with Crippen LogP contribution in [0, 0.1) is 6.92 Å². The van der Waals surface area contributed by atoms with Crippen LogP contribution in [0.1, 0.15) is 11.1 Å². The van der Waals surface area contributed by atoms with Crippen LogP contribution in [0.4, 0.5) is 5.69 Å². The average Bonchev–Trinajstić information content (AvgIpc) is 3.01. The van der Waals surface area contributed by atoms with Crippen LogP contribution in [-0.2, 0) is 6.54 Å². The monoisotopic (exact) mass is 265 g/mol. The Morgan fingerprint density at radius 2 is 1.85 bits per heavy atom. The third-order valence-electron chi connectivity index (χ3n) is 3.24. The number of nitrogens with zero attached hydrogens (tertiary/aromatic N) is 2. The molecule has 3 rings (SSSR count). The van der Waals surface area contributed by atoms with Gasteiger partial charge in [-0.2, -0.15) is 0 Å². The summed E-state index contributed by atoms with van der Waals surface area (Å²) in [5.41, 5.74) is 4.58.